The summed E-state index contributed by atoms with van der Waals surface area (Å²) in [5, 5.41) is 0. The van der Waals surface area contributed by atoms with Crippen molar-refractivity contribution in [2.45, 2.75) is 6.54 Å². The van der Waals surface area contributed by atoms with E-state index in [0.717, 1.165) is 38.5 Å². The lowest BCUT2D eigenvalue weighted by Gasteiger charge is -2.32. The fraction of sp³-hybridized carbons (Fsp3) is 0.208. The van der Waals surface area contributed by atoms with Gasteiger partial charge in [0.2, 0.25) is 0 Å². The topological polar surface area (TPSA) is 34.0 Å². The number of nitrogens with zero attached hydrogens (tertiary/aromatic N) is 1. The van der Waals surface area contributed by atoms with E-state index in [1.165, 1.54) is 10.5 Å². The van der Waals surface area contributed by atoms with Crippen molar-refractivity contribution in [3.05, 3.63) is 96.1 Å². The Morgan fingerprint density at radius 1 is 0.821 bits per heavy atom. The number of rotatable bonds is 5. The first kappa shape index (κ1) is 18.3. The molecule has 0 bridgehead atoms. The van der Waals surface area contributed by atoms with Gasteiger partial charge in [-0.15, -0.1) is 0 Å². The molecule has 0 saturated carbocycles. The van der Waals surface area contributed by atoms with Gasteiger partial charge in [-0.25, -0.2) is 0 Å². The quantitative estimate of drug-likeness (QED) is 0.746. The third kappa shape index (κ3) is 4.59. The highest BCUT2D eigenvalue weighted by Crippen LogP contribution is 2.22. The molecule has 1 N–H and O–H groups in total. The first-order valence-corrected chi connectivity index (χ1v) is 9.78. The number of hydrogen-bond acceptors (Lipinski definition) is 2. The van der Waals surface area contributed by atoms with Crippen LogP contribution in [0.1, 0.15) is 15.9 Å². The van der Waals surface area contributed by atoms with Gasteiger partial charge in [-0.05, 0) is 30.3 Å². The van der Waals surface area contributed by atoms with E-state index in [0.29, 0.717) is 11.3 Å². The Kier molecular flexibility index (Phi) is 5.69. The fourth-order valence-electron chi connectivity index (χ4n) is 3.59. The molecule has 1 aliphatic heterocycles. The van der Waals surface area contributed by atoms with Crippen molar-refractivity contribution in [2.75, 3.05) is 26.2 Å². The zero-order valence-electron chi connectivity index (χ0n) is 15.9. The molecule has 0 aliphatic carbocycles. The molecule has 1 saturated heterocycles. The standard InChI is InChI=1S/C24H24N2O2/c27-24(21-10-7-13-23(18-21)28-22-11-5-2-6-12-22)26-16-14-25(15-17-26)19-20-8-3-1-4-9-20/h1-13,18H,14-17,19H2/p+1. The van der Waals surface area contributed by atoms with Crippen LogP contribution in [0.25, 0.3) is 0 Å². The van der Waals surface area contributed by atoms with Gasteiger partial charge in [-0.3, -0.25) is 4.79 Å². The molecule has 1 aliphatic rings. The molecule has 0 unspecified atom stereocenters. The smallest absolute Gasteiger partial charge is 0.254 e. The van der Waals surface area contributed by atoms with Gasteiger partial charge in [0.15, 0.2) is 0 Å². The van der Waals surface area contributed by atoms with Crippen LogP contribution in [0, 0.1) is 0 Å². The van der Waals surface area contributed by atoms with Gasteiger partial charge in [0.05, 0.1) is 26.2 Å². The van der Waals surface area contributed by atoms with E-state index in [4.69, 9.17) is 4.74 Å². The maximum absolute atomic E-state index is 12.9. The van der Waals surface area contributed by atoms with Crippen molar-refractivity contribution in [1.82, 2.24) is 4.90 Å². The summed E-state index contributed by atoms with van der Waals surface area (Å²) in [6, 6.07) is 27.6. The lowest BCUT2D eigenvalue weighted by atomic mass is 10.1. The summed E-state index contributed by atoms with van der Waals surface area (Å²) in [6.45, 7) is 4.53. The first-order chi connectivity index (χ1) is 13.8. The number of carbonyl (C=O) groups is 1. The third-order valence-electron chi connectivity index (χ3n) is 5.11. The summed E-state index contributed by atoms with van der Waals surface area (Å²) in [6.07, 6.45) is 0. The Bertz CT molecular complexity index is 904. The normalized spacial score (nSPS) is 14.6. The van der Waals surface area contributed by atoms with Gasteiger partial charge < -0.3 is 14.5 Å². The molecule has 3 aromatic carbocycles. The van der Waals surface area contributed by atoms with Gasteiger partial charge in [0.1, 0.15) is 18.0 Å². The van der Waals surface area contributed by atoms with Crippen molar-refractivity contribution in [1.29, 1.82) is 0 Å². The van der Waals surface area contributed by atoms with E-state index in [9.17, 15) is 4.79 Å². The van der Waals surface area contributed by atoms with E-state index < -0.39 is 0 Å². The lowest BCUT2D eigenvalue weighted by Crippen LogP contribution is -3.13. The maximum atomic E-state index is 12.9. The second-order valence-electron chi connectivity index (χ2n) is 7.15. The molecule has 28 heavy (non-hydrogen) atoms. The Morgan fingerprint density at radius 2 is 1.46 bits per heavy atom. The highest BCUT2D eigenvalue weighted by atomic mass is 16.5. The minimum atomic E-state index is 0.0808. The van der Waals surface area contributed by atoms with Crippen LogP contribution in [-0.4, -0.2) is 37.0 Å². The molecule has 0 aromatic heterocycles. The molecule has 1 fully saturated rings. The summed E-state index contributed by atoms with van der Waals surface area (Å²) in [4.78, 5) is 16.4. The Balaban J connectivity index is 1.35. The Hall–Kier alpha value is -3.11. The summed E-state index contributed by atoms with van der Waals surface area (Å²) in [5.74, 6) is 1.54. The van der Waals surface area contributed by atoms with Crippen LogP contribution in [0.15, 0.2) is 84.9 Å². The number of piperazine rings is 1. The van der Waals surface area contributed by atoms with Crippen LogP contribution in [0.2, 0.25) is 0 Å². The molecule has 0 spiro atoms. The number of quaternary nitrogens is 1. The van der Waals surface area contributed by atoms with Gasteiger partial charge >= 0.3 is 0 Å². The molecule has 3 aromatic rings. The second kappa shape index (κ2) is 8.72. The monoisotopic (exact) mass is 373 g/mol. The van der Waals surface area contributed by atoms with Crippen LogP contribution in [0.3, 0.4) is 0 Å². The van der Waals surface area contributed by atoms with Crippen LogP contribution in [0.4, 0.5) is 0 Å². The second-order valence-corrected chi connectivity index (χ2v) is 7.15. The molecule has 0 atom stereocenters. The number of carbonyl (C=O) groups excluding carboxylic acids is 1. The molecule has 1 heterocycles. The molecular weight excluding hydrogens is 348 g/mol. The summed E-state index contributed by atoms with van der Waals surface area (Å²) in [7, 11) is 0. The predicted molar refractivity (Wildman–Crippen MR) is 110 cm³/mol. The van der Waals surface area contributed by atoms with E-state index in [1.807, 2.05) is 65.6 Å². The molecule has 0 radical (unpaired) electrons. The van der Waals surface area contributed by atoms with Crippen LogP contribution >= 0.6 is 0 Å². The highest BCUT2D eigenvalue weighted by molar-refractivity contribution is 5.94. The largest absolute Gasteiger partial charge is 0.457 e. The summed E-state index contributed by atoms with van der Waals surface area (Å²) < 4.78 is 5.87. The number of para-hydroxylation sites is 1. The lowest BCUT2D eigenvalue weighted by molar-refractivity contribution is -0.917. The molecular formula is C24H25N2O2+. The fourth-order valence-corrected chi connectivity index (χ4v) is 3.59. The average Bonchev–Trinajstić information content (AvgIpc) is 2.75. The third-order valence-corrected chi connectivity index (χ3v) is 5.11. The van der Waals surface area contributed by atoms with Crippen LogP contribution in [0.5, 0.6) is 11.5 Å². The number of hydrogen-bond donors (Lipinski definition) is 1. The van der Waals surface area contributed by atoms with Gasteiger partial charge in [0.25, 0.3) is 5.91 Å². The maximum Gasteiger partial charge on any atom is 0.254 e. The van der Waals surface area contributed by atoms with E-state index in [-0.39, 0.29) is 5.91 Å². The molecule has 142 valence electrons. The number of nitrogens with one attached hydrogen (secondary N) is 1. The van der Waals surface area contributed by atoms with E-state index >= 15 is 0 Å². The number of benzene rings is 3. The summed E-state index contributed by atoms with van der Waals surface area (Å²) in [5.41, 5.74) is 2.03. The number of ether oxygens (including phenoxy) is 1. The Morgan fingerprint density at radius 3 is 2.18 bits per heavy atom. The van der Waals surface area contributed by atoms with E-state index in [2.05, 4.69) is 24.3 Å². The molecule has 4 nitrogen and oxygen atoms in total. The average molecular weight is 373 g/mol. The molecule has 1 amide bonds. The Labute approximate surface area is 166 Å². The minimum absolute atomic E-state index is 0.0808. The summed E-state index contributed by atoms with van der Waals surface area (Å²) >= 11 is 0. The SMILES string of the molecule is O=C(c1cccc(Oc2ccccc2)c1)N1CC[NH+](Cc2ccccc2)CC1. The minimum Gasteiger partial charge on any atom is -0.457 e. The highest BCUT2D eigenvalue weighted by Gasteiger charge is 2.24. The first-order valence-electron chi connectivity index (χ1n) is 9.78. The predicted octanol–water partition coefficient (Wildman–Crippen LogP) is 3.02. The molecule has 4 rings (SSSR count). The van der Waals surface area contributed by atoms with Crippen molar-refractivity contribution in [3.63, 3.8) is 0 Å². The number of amides is 1. The zero-order valence-corrected chi connectivity index (χ0v) is 15.9. The van der Waals surface area contributed by atoms with Crippen molar-refractivity contribution < 1.29 is 14.4 Å². The van der Waals surface area contributed by atoms with E-state index in [1.54, 1.807) is 0 Å². The van der Waals surface area contributed by atoms with Gasteiger partial charge in [-0.2, -0.15) is 0 Å². The van der Waals surface area contributed by atoms with Gasteiger partial charge in [-0.1, -0.05) is 54.6 Å². The van der Waals surface area contributed by atoms with Crippen molar-refractivity contribution in [3.8, 4) is 11.5 Å². The van der Waals surface area contributed by atoms with Crippen molar-refractivity contribution >= 4 is 5.91 Å². The van der Waals surface area contributed by atoms with Gasteiger partial charge in [0, 0.05) is 11.1 Å². The zero-order chi connectivity index (χ0) is 19.2. The molecule has 4 heteroatoms. The van der Waals surface area contributed by atoms with Crippen LogP contribution in [-0.2, 0) is 6.54 Å². The van der Waals surface area contributed by atoms with Crippen molar-refractivity contribution in [2.24, 2.45) is 0 Å². The van der Waals surface area contributed by atoms with Crippen LogP contribution < -0.4 is 9.64 Å².